The number of aromatic hydroxyl groups is 4. The van der Waals surface area contributed by atoms with Crippen LogP contribution in [0.15, 0.2) is 34.8 Å². The van der Waals surface area contributed by atoms with Crippen molar-refractivity contribution in [2.75, 3.05) is 0 Å². The molecule has 0 spiro atoms. The molecule has 126 valence electrons. The van der Waals surface area contributed by atoms with Crippen molar-refractivity contribution in [2.24, 2.45) is 0 Å². The second kappa shape index (κ2) is 7.55. The van der Waals surface area contributed by atoms with E-state index in [4.69, 9.17) is 12.2 Å². The number of thiocarbonyl (C=S) groups is 1. The van der Waals surface area contributed by atoms with Crippen molar-refractivity contribution in [3.05, 3.63) is 51.5 Å². The molecular weight excluding hydrogens is 394 g/mol. The van der Waals surface area contributed by atoms with Crippen LogP contribution in [0.2, 0.25) is 0 Å². The van der Waals surface area contributed by atoms with Crippen LogP contribution in [0.25, 0.3) is 6.08 Å². The average molecular weight is 410 g/mol. The van der Waals surface area contributed by atoms with Crippen LogP contribution in [-0.2, 0) is 6.54 Å². The minimum Gasteiger partial charge on any atom is -0.504 e. The van der Waals surface area contributed by atoms with Crippen molar-refractivity contribution in [3.8, 4) is 23.0 Å². The molecule has 2 aromatic rings. The third kappa shape index (κ3) is 4.18. The highest BCUT2D eigenvalue weighted by molar-refractivity contribution is 9.10. The molecule has 5 N–H and O–H groups in total. The molecule has 2 aromatic carbocycles. The van der Waals surface area contributed by atoms with Gasteiger partial charge in [-0.05, 0) is 63.8 Å². The highest BCUT2D eigenvalue weighted by atomic mass is 79.9. The van der Waals surface area contributed by atoms with Crippen LogP contribution < -0.4 is 5.32 Å². The zero-order valence-electron chi connectivity index (χ0n) is 12.7. The molecule has 0 bridgehead atoms. The van der Waals surface area contributed by atoms with Crippen LogP contribution in [0.4, 0.5) is 0 Å². The van der Waals surface area contributed by atoms with E-state index < -0.39 is 0 Å². The van der Waals surface area contributed by atoms with Crippen LogP contribution in [0, 0.1) is 6.92 Å². The molecule has 0 fully saturated rings. The van der Waals surface area contributed by atoms with Crippen molar-refractivity contribution >= 4 is 39.2 Å². The van der Waals surface area contributed by atoms with Crippen LogP contribution >= 0.6 is 28.1 Å². The molecule has 0 aliphatic heterocycles. The molecule has 0 heterocycles. The van der Waals surface area contributed by atoms with Gasteiger partial charge in [0.25, 0.3) is 0 Å². The Morgan fingerprint density at radius 2 is 1.83 bits per heavy atom. The molecule has 5 nitrogen and oxygen atoms in total. The van der Waals surface area contributed by atoms with Gasteiger partial charge in [0.05, 0.1) is 9.46 Å². The first-order valence-corrected chi connectivity index (χ1v) is 8.17. The predicted molar refractivity (Wildman–Crippen MR) is 100 cm³/mol. The Balaban J connectivity index is 2.03. The van der Waals surface area contributed by atoms with E-state index in [1.807, 2.05) is 0 Å². The van der Waals surface area contributed by atoms with Crippen molar-refractivity contribution in [2.45, 2.75) is 13.5 Å². The lowest BCUT2D eigenvalue weighted by Gasteiger charge is -2.09. The minimum atomic E-state index is -0.230. The molecule has 0 aliphatic carbocycles. The number of nitrogens with one attached hydrogen (secondary N) is 1. The molecule has 0 aliphatic rings. The number of benzene rings is 2. The maximum atomic E-state index is 9.66. The third-order valence-electron chi connectivity index (χ3n) is 3.35. The van der Waals surface area contributed by atoms with Gasteiger partial charge >= 0.3 is 0 Å². The smallest absolute Gasteiger partial charge is 0.172 e. The number of halogens is 1. The Morgan fingerprint density at radius 3 is 2.50 bits per heavy atom. The number of phenols is 4. The highest BCUT2D eigenvalue weighted by Gasteiger charge is 2.08. The summed E-state index contributed by atoms with van der Waals surface area (Å²) in [5, 5.41) is 41.2. The van der Waals surface area contributed by atoms with Gasteiger partial charge in [-0.25, -0.2) is 0 Å². The van der Waals surface area contributed by atoms with E-state index in [0.717, 1.165) is 5.56 Å². The Morgan fingerprint density at radius 1 is 1.12 bits per heavy atom. The summed E-state index contributed by atoms with van der Waals surface area (Å²) >= 11 is 8.41. The lowest BCUT2D eigenvalue weighted by molar-refractivity contribution is 0.400. The fraction of sp³-hybridized carbons (Fsp3) is 0.118. The van der Waals surface area contributed by atoms with Crippen molar-refractivity contribution in [1.29, 1.82) is 0 Å². The molecule has 0 radical (unpaired) electrons. The molecule has 7 heteroatoms. The second-order valence-corrected chi connectivity index (χ2v) is 6.40. The van der Waals surface area contributed by atoms with E-state index in [0.29, 0.717) is 27.1 Å². The van der Waals surface area contributed by atoms with Crippen LogP contribution in [0.1, 0.15) is 16.7 Å². The largest absolute Gasteiger partial charge is 0.504 e. The van der Waals surface area contributed by atoms with Crippen molar-refractivity contribution in [1.82, 2.24) is 5.32 Å². The fourth-order valence-corrected chi connectivity index (χ4v) is 2.66. The Kier molecular flexibility index (Phi) is 5.69. The van der Waals surface area contributed by atoms with Gasteiger partial charge < -0.3 is 25.7 Å². The Bertz CT molecular complexity index is 797. The molecule has 0 saturated heterocycles. The normalized spacial score (nSPS) is 10.9. The third-order valence-corrected chi connectivity index (χ3v) is 4.46. The van der Waals surface area contributed by atoms with Gasteiger partial charge in [-0.2, -0.15) is 0 Å². The van der Waals surface area contributed by atoms with Crippen LogP contribution in [0.5, 0.6) is 23.0 Å². The molecule has 2 rings (SSSR count). The summed E-state index contributed by atoms with van der Waals surface area (Å²) in [6, 6.07) is 6.25. The second-order valence-electron chi connectivity index (χ2n) is 5.17. The van der Waals surface area contributed by atoms with Crippen LogP contribution in [-0.4, -0.2) is 25.4 Å². The molecule has 0 amide bonds. The molecular formula is C17H16BrNO4S. The zero-order chi connectivity index (χ0) is 17.9. The lowest BCUT2D eigenvalue weighted by atomic mass is 10.1. The zero-order valence-corrected chi connectivity index (χ0v) is 15.1. The summed E-state index contributed by atoms with van der Waals surface area (Å²) in [4.78, 5) is 0.458. The molecule has 0 aromatic heterocycles. The minimum absolute atomic E-state index is 0.127. The van der Waals surface area contributed by atoms with E-state index in [9.17, 15) is 20.4 Å². The standard InChI is InChI=1S/C17H16BrNO4S/c1-9-6-10(7-13(21)16(9)22)8-19-14(24)5-3-11-2-4-12(20)17(23)15(11)18/h2-7,20-23H,8H2,1H3,(H,19,24)/b5-3+. The number of hydrogen-bond acceptors (Lipinski definition) is 5. The molecule has 24 heavy (non-hydrogen) atoms. The molecule has 0 atom stereocenters. The summed E-state index contributed by atoms with van der Waals surface area (Å²) in [5.74, 6) is -0.733. The topological polar surface area (TPSA) is 93.0 Å². The van der Waals surface area contributed by atoms with Gasteiger partial charge in [0, 0.05) is 6.54 Å². The molecule has 0 saturated carbocycles. The van der Waals surface area contributed by atoms with Gasteiger partial charge in [-0.15, -0.1) is 0 Å². The first-order chi connectivity index (χ1) is 11.3. The maximum absolute atomic E-state index is 9.66. The van der Waals surface area contributed by atoms with Gasteiger partial charge in [0.15, 0.2) is 23.0 Å². The molecule has 0 unspecified atom stereocenters. The van der Waals surface area contributed by atoms with Gasteiger partial charge in [0.2, 0.25) is 0 Å². The van der Waals surface area contributed by atoms with E-state index >= 15 is 0 Å². The Labute approximate surface area is 153 Å². The first-order valence-electron chi connectivity index (χ1n) is 6.97. The van der Waals surface area contributed by atoms with Gasteiger partial charge in [0.1, 0.15) is 0 Å². The van der Waals surface area contributed by atoms with E-state index in [1.54, 1.807) is 31.2 Å². The number of aryl methyl sites for hydroxylation is 1. The van der Waals surface area contributed by atoms with Crippen LogP contribution in [0.3, 0.4) is 0 Å². The summed E-state index contributed by atoms with van der Waals surface area (Å²) < 4.78 is 0.376. The number of phenolic OH excluding ortho intramolecular Hbond substituents is 4. The predicted octanol–water partition coefficient (Wildman–Crippen LogP) is 3.71. The summed E-state index contributed by atoms with van der Waals surface area (Å²) in [5.41, 5.74) is 2.02. The fourth-order valence-electron chi connectivity index (χ4n) is 2.05. The van der Waals surface area contributed by atoms with Crippen molar-refractivity contribution in [3.63, 3.8) is 0 Å². The van der Waals surface area contributed by atoms with Crippen molar-refractivity contribution < 1.29 is 20.4 Å². The number of rotatable bonds is 4. The van der Waals surface area contributed by atoms with Gasteiger partial charge in [-0.3, -0.25) is 0 Å². The first kappa shape index (κ1) is 18.1. The summed E-state index contributed by atoms with van der Waals surface area (Å²) in [6.45, 7) is 2.09. The van der Waals surface area contributed by atoms with E-state index in [2.05, 4.69) is 21.2 Å². The lowest BCUT2D eigenvalue weighted by Crippen LogP contribution is -2.18. The monoisotopic (exact) mass is 409 g/mol. The van der Waals surface area contributed by atoms with E-state index in [1.165, 1.54) is 12.1 Å². The average Bonchev–Trinajstić information content (AvgIpc) is 2.55. The highest BCUT2D eigenvalue weighted by Crippen LogP contribution is 2.36. The SMILES string of the molecule is Cc1cc(CNC(=S)/C=C/c2ccc(O)c(O)c2Br)cc(O)c1O. The van der Waals surface area contributed by atoms with Gasteiger partial charge in [-0.1, -0.05) is 24.4 Å². The summed E-state index contributed by atoms with van der Waals surface area (Å²) in [6.07, 6.45) is 3.34. The van der Waals surface area contributed by atoms with E-state index in [-0.39, 0.29) is 23.0 Å². The number of hydrogen-bond donors (Lipinski definition) is 5. The summed E-state index contributed by atoms with van der Waals surface area (Å²) in [7, 11) is 0. The Hall–Kier alpha value is -2.25. The quantitative estimate of drug-likeness (QED) is 0.300. The maximum Gasteiger partial charge on any atom is 0.172 e.